The summed E-state index contributed by atoms with van der Waals surface area (Å²) >= 11 is 0. The summed E-state index contributed by atoms with van der Waals surface area (Å²) in [5.41, 5.74) is 3.63. The van der Waals surface area contributed by atoms with Crippen LogP contribution in [-0.4, -0.2) is 32.5 Å². The highest BCUT2D eigenvalue weighted by Crippen LogP contribution is 2.22. The van der Waals surface area contributed by atoms with E-state index in [-0.39, 0.29) is 17.8 Å². The molecular formula is C18H19FN4O. The maximum Gasteiger partial charge on any atom is 0.259 e. The quantitative estimate of drug-likeness (QED) is 0.742. The number of benzene rings is 1. The predicted molar refractivity (Wildman–Crippen MR) is 89.4 cm³/mol. The molecule has 1 unspecified atom stereocenters. The first kappa shape index (κ1) is 16.1. The van der Waals surface area contributed by atoms with Crippen LogP contribution >= 0.6 is 0 Å². The predicted octanol–water partition coefficient (Wildman–Crippen LogP) is 3.32. The van der Waals surface area contributed by atoms with E-state index < -0.39 is 0 Å². The van der Waals surface area contributed by atoms with Gasteiger partial charge in [0.1, 0.15) is 11.4 Å². The van der Waals surface area contributed by atoms with Crippen LogP contribution in [0.25, 0.3) is 5.65 Å². The second-order valence-electron chi connectivity index (χ2n) is 5.98. The minimum absolute atomic E-state index is 0.167. The Bertz CT molecular complexity index is 901. The molecule has 3 rings (SSSR count). The van der Waals surface area contributed by atoms with Crippen molar-refractivity contribution >= 4 is 11.6 Å². The Kier molecular flexibility index (Phi) is 4.05. The van der Waals surface area contributed by atoms with E-state index in [1.165, 1.54) is 12.1 Å². The number of aryl methyl sites for hydroxylation is 2. The van der Waals surface area contributed by atoms with Gasteiger partial charge in [0.15, 0.2) is 5.65 Å². The smallest absolute Gasteiger partial charge is 0.259 e. The molecule has 3 aromatic rings. The van der Waals surface area contributed by atoms with Crippen molar-refractivity contribution in [2.75, 3.05) is 7.05 Å². The van der Waals surface area contributed by atoms with Crippen LogP contribution in [0.3, 0.4) is 0 Å². The van der Waals surface area contributed by atoms with Gasteiger partial charge in [-0.2, -0.15) is 5.10 Å². The summed E-state index contributed by atoms with van der Waals surface area (Å²) in [6, 6.07) is 7.89. The van der Waals surface area contributed by atoms with E-state index in [4.69, 9.17) is 0 Å². The number of hydrogen-bond donors (Lipinski definition) is 0. The molecule has 124 valence electrons. The fraction of sp³-hybridized carbons (Fsp3) is 0.278. The Hall–Kier alpha value is -2.76. The Morgan fingerprint density at radius 1 is 1.25 bits per heavy atom. The van der Waals surface area contributed by atoms with Crippen LogP contribution in [0.4, 0.5) is 4.39 Å². The normalized spacial score (nSPS) is 12.4. The van der Waals surface area contributed by atoms with Gasteiger partial charge >= 0.3 is 0 Å². The zero-order valence-corrected chi connectivity index (χ0v) is 14.1. The zero-order chi connectivity index (χ0) is 17.4. The number of fused-ring (bicyclic) bond motifs is 1. The molecule has 0 aliphatic carbocycles. The van der Waals surface area contributed by atoms with Gasteiger partial charge < -0.3 is 4.90 Å². The van der Waals surface area contributed by atoms with Crippen LogP contribution in [0, 0.1) is 19.7 Å². The summed E-state index contributed by atoms with van der Waals surface area (Å²) in [6.07, 6.45) is 1.55. The SMILES string of the molecule is Cc1cc(C)n2ncc(C(=O)N(C)C(C)c3ccc(F)cc3)c2n1. The Morgan fingerprint density at radius 2 is 1.92 bits per heavy atom. The Balaban J connectivity index is 1.95. The third-order valence-corrected chi connectivity index (χ3v) is 4.26. The molecule has 0 radical (unpaired) electrons. The summed E-state index contributed by atoms with van der Waals surface area (Å²) in [5.74, 6) is -0.461. The highest BCUT2D eigenvalue weighted by Gasteiger charge is 2.23. The number of carbonyl (C=O) groups excluding carboxylic acids is 1. The van der Waals surface area contributed by atoms with Crippen LogP contribution in [-0.2, 0) is 0 Å². The van der Waals surface area contributed by atoms with E-state index >= 15 is 0 Å². The zero-order valence-electron chi connectivity index (χ0n) is 14.1. The van der Waals surface area contributed by atoms with Gasteiger partial charge in [-0.1, -0.05) is 12.1 Å². The maximum absolute atomic E-state index is 13.1. The lowest BCUT2D eigenvalue weighted by molar-refractivity contribution is 0.0744. The number of rotatable bonds is 3. The molecule has 0 fully saturated rings. The van der Waals surface area contributed by atoms with Crippen molar-refractivity contribution in [1.82, 2.24) is 19.5 Å². The number of carbonyl (C=O) groups is 1. The van der Waals surface area contributed by atoms with E-state index in [1.54, 1.807) is 34.8 Å². The fourth-order valence-corrected chi connectivity index (χ4v) is 2.75. The van der Waals surface area contributed by atoms with Crippen molar-refractivity contribution in [2.45, 2.75) is 26.8 Å². The minimum atomic E-state index is -0.294. The molecule has 2 aromatic heterocycles. The van der Waals surface area contributed by atoms with Crippen LogP contribution < -0.4 is 0 Å². The molecule has 24 heavy (non-hydrogen) atoms. The largest absolute Gasteiger partial charge is 0.335 e. The molecule has 1 amide bonds. The van der Waals surface area contributed by atoms with Gasteiger partial charge in [0.2, 0.25) is 0 Å². The van der Waals surface area contributed by atoms with Crippen LogP contribution in [0.15, 0.2) is 36.5 Å². The standard InChI is InChI=1S/C18H19FN4O/c1-11-9-12(2)23-17(21-11)16(10-20-23)18(24)22(4)13(3)14-5-7-15(19)8-6-14/h5-10,13H,1-4H3. The monoisotopic (exact) mass is 326 g/mol. The van der Waals surface area contributed by atoms with Crippen molar-refractivity contribution in [3.8, 4) is 0 Å². The summed E-state index contributed by atoms with van der Waals surface area (Å²) in [5, 5.41) is 4.26. The molecule has 0 saturated carbocycles. The van der Waals surface area contributed by atoms with E-state index in [9.17, 15) is 9.18 Å². The third-order valence-electron chi connectivity index (χ3n) is 4.26. The highest BCUT2D eigenvalue weighted by molar-refractivity contribution is 5.99. The third kappa shape index (κ3) is 2.75. The van der Waals surface area contributed by atoms with Gasteiger partial charge in [0.05, 0.1) is 12.2 Å². The first-order valence-electron chi connectivity index (χ1n) is 7.73. The van der Waals surface area contributed by atoms with Crippen molar-refractivity contribution in [3.05, 3.63) is 64.9 Å². The van der Waals surface area contributed by atoms with Gasteiger partial charge in [-0.3, -0.25) is 4.79 Å². The average Bonchev–Trinajstić information content (AvgIpc) is 2.97. The van der Waals surface area contributed by atoms with E-state index in [0.29, 0.717) is 11.2 Å². The molecule has 0 saturated heterocycles. The average molecular weight is 326 g/mol. The van der Waals surface area contributed by atoms with E-state index in [0.717, 1.165) is 17.0 Å². The van der Waals surface area contributed by atoms with E-state index in [1.807, 2.05) is 26.8 Å². The summed E-state index contributed by atoms with van der Waals surface area (Å²) in [7, 11) is 1.72. The summed E-state index contributed by atoms with van der Waals surface area (Å²) in [4.78, 5) is 18.9. The lowest BCUT2D eigenvalue weighted by Crippen LogP contribution is -2.29. The molecule has 6 heteroatoms. The van der Waals surface area contributed by atoms with Crippen LogP contribution in [0.1, 0.15) is 40.3 Å². The maximum atomic E-state index is 13.1. The van der Waals surface area contributed by atoms with Crippen molar-refractivity contribution in [3.63, 3.8) is 0 Å². The molecule has 0 N–H and O–H groups in total. The molecule has 0 spiro atoms. The first-order valence-corrected chi connectivity index (χ1v) is 7.73. The van der Waals surface area contributed by atoms with Gasteiger partial charge in [0, 0.05) is 18.4 Å². The molecule has 2 heterocycles. The lowest BCUT2D eigenvalue weighted by atomic mass is 10.1. The van der Waals surface area contributed by atoms with Gasteiger partial charge in [-0.05, 0) is 44.5 Å². The minimum Gasteiger partial charge on any atom is -0.335 e. The Labute approximate surface area is 139 Å². The molecule has 0 aliphatic rings. The number of amides is 1. The molecule has 1 aromatic carbocycles. The first-order chi connectivity index (χ1) is 11.4. The summed E-state index contributed by atoms with van der Waals surface area (Å²) < 4.78 is 14.7. The van der Waals surface area contributed by atoms with Gasteiger partial charge in [0.25, 0.3) is 5.91 Å². The fourth-order valence-electron chi connectivity index (χ4n) is 2.75. The molecule has 1 atom stereocenters. The van der Waals surface area contributed by atoms with Gasteiger partial charge in [-0.25, -0.2) is 13.9 Å². The lowest BCUT2D eigenvalue weighted by Gasteiger charge is -2.25. The number of aromatic nitrogens is 3. The Morgan fingerprint density at radius 3 is 2.58 bits per heavy atom. The second-order valence-corrected chi connectivity index (χ2v) is 5.98. The van der Waals surface area contributed by atoms with Crippen molar-refractivity contribution < 1.29 is 9.18 Å². The topological polar surface area (TPSA) is 50.5 Å². The van der Waals surface area contributed by atoms with Crippen molar-refractivity contribution in [2.24, 2.45) is 0 Å². The summed E-state index contributed by atoms with van der Waals surface area (Å²) in [6.45, 7) is 5.72. The number of hydrogen-bond acceptors (Lipinski definition) is 3. The van der Waals surface area contributed by atoms with E-state index in [2.05, 4.69) is 10.1 Å². The number of halogens is 1. The molecule has 5 nitrogen and oxygen atoms in total. The van der Waals surface area contributed by atoms with Crippen LogP contribution in [0.2, 0.25) is 0 Å². The van der Waals surface area contributed by atoms with Crippen molar-refractivity contribution in [1.29, 1.82) is 0 Å². The molecular weight excluding hydrogens is 307 g/mol. The number of nitrogens with zero attached hydrogens (tertiary/aromatic N) is 4. The van der Waals surface area contributed by atoms with Gasteiger partial charge in [-0.15, -0.1) is 0 Å². The van der Waals surface area contributed by atoms with Crippen LogP contribution in [0.5, 0.6) is 0 Å². The highest BCUT2D eigenvalue weighted by atomic mass is 19.1. The molecule has 0 bridgehead atoms. The molecule has 0 aliphatic heterocycles. The second kappa shape index (κ2) is 6.03.